The van der Waals surface area contributed by atoms with Crippen molar-refractivity contribution in [2.75, 3.05) is 0 Å². The van der Waals surface area contributed by atoms with Crippen LogP contribution in [0.15, 0.2) is 82.5 Å². The summed E-state index contributed by atoms with van der Waals surface area (Å²) in [4.78, 5) is 38.9. The van der Waals surface area contributed by atoms with Crippen LogP contribution < -0.4 is 17.0 Å². The highest BCUT2D eigenvalue weighted by Gasteiger charge is 2.29. The molecule has 200 valence electrons. The van der Waals surface area contributed by atoms with Gasteiger partial charge >= 0.3 is 5.69 Å². The lowest BCUT2D eigenvalue weighted by Gasteiger charge is -2.19. The Morgan fingerprint density at radius 3 is 2.45 bits per heavy atom. The van der Waals surface area contributed by atoms with E-state index in [1.807, 2.05) is 37.3 Å². The molecule has 0 atom stereocenters. The number of fused-ring (bicyclic) bond motifs is 4. The first-order valence-electron chi connectivity index (χ1n) is 12.8. The van der Waals surface area contributed by atoms with E-state index in [2.05, 4.69) is 0 Å². The van der Waals surface area contributed by atoms with E-state index in [-0.39, 0.29) is 5.52 Å². The van der Waals surface area contributed by atoms with Crippen molar-refractivity contribution in [1.82, 2.24) is 8.97 Å². The van der Waals surface area contributed by atoms with E-state index in [1.165, 1.54) is 18.3 Å². The molecule has 3 N–H and O–H groups in total. The fourth-order valence-corrected chi connectivity index (χ4v) is 5.71. The number of nitrogens with two attached hydrogens (primary N) is 1. The third-order valence-electron chi connectivity index (χ3n) is 7.72. The molecule has 0 aliphatic heterocycles. The number of hydrogen-bond donors (Lipinski definition) is 2. The summed E-state index contributed by atoms with van der Waals surface area (Å²) in [7, 11) is 0. The van der Waals surface area contributed by atoms with Crippen LogP contribution in [0.2, 0.25) is 0 Å². The summed E-state index contributed by atoms with van der Waals surface area (Å²) in [5.74, 6) is -1.20. The number of nitrogens with zero attached hydrogens (tertiary/aromatic N) is 2. The van der Waals surface area contributed by atoms with Crippen molar-refractivity contribution in [2.24, 2.45) is 5.73 Å². The standard InChI is InChI=1S/C32H26FN3O4/c1-17-20(6-4-8-26(17)36-28(37)16-27-25(33)7-5-13-35(27)31(36)39)22-11-12-23(30(34)38)24-15-18-14-19(32(2,3)40)9-10-21(18)29(22)24/h4-14,16,40H,15H2,1-3H3,(H2,34,38). The number of rotatable bonds is 4. The van der Waals surface area contributed by atoms with Crippen molar-refractivity contribution in [1.29, 1.82) is 0 Å². The van der Waals surface area contributed by atoms with Crippen LogP contribution in [0.4, 0.5) is 4.39 Å². The smallest absolute Gasteiger partial charge is 0.340 e. The predicted molar refractivity (Wildman–Crippen MR) is 151 cm³/mol. The van der Waals surface area contributed by atoms with Crippen LogP contribution in [0.3, 0.4) is 0 Å². The lowest BCUT2D eigenvalue weighted by molar-refractivity contribution is 0.0785. The molecule has 2 heterocycles. The highest BCUT2D eigenvalue weighted by molar-refractivity contribution is 6.02. The Labute approximate surface area is 228 Å². The van der Waals surface area contributed by atoms with E-state index in [0.29, 0.717) is 23.2 Å². The zero-order valence-corrected chi connectivity index (χ0v) is 22.2. The number of amides is 1. The van der Waals surface area contributed by atoms with Crippen LogP contribution in [-0.4, -0.2) is 20.0 Å². The van der Waals surface area contributed by atoms with E-state index in [1.54, 1.807) is 32.0 Å². The van der Waals surface area contributed by atoms with Gasteiger partial charge in [-0.15, -0.1) is 0 Å². The second-order valence-electron chi connectivity index (χ2n) is 10.6. The van der Waals surface area contributed by atoms with Gasteiger partial charge in [0.25, 0.3) is 5.56 Å². The summed E-state index contributed by atoms with van der Waals surface area (Å²) in [6.45, 7) is 5.26. The first kappa shape index (κ1) is 25.5. The molecule has 40 heavy (non-hydrogen) atoms. The van der Waals surface area contributed by atoms with Gasteiger partial charge in [0, 0.05) is 17.8 Å². The summed E-state index contributed by atoms with van der Waals surface area (Å²) in [6, 6.07) is 18.3. The molecule has 0 saturated heterocycles. The Balaban J connectivity index is 1.60. The molecule has 0 bridgehead atoms. The highest BCUT2D eigenvalue weighted by Crippen LogP contribution is 2.46. The molecule has 1 amide bonds. The molecule has 0 fully saturated rings. The summed E-state index contributed by atoms with van der Waals surface area (Å²) in [5, 5.41) is 10.6. The number of aliphatic hydroxyl groups is 1. The molecule has 1 aliphatic rings. The molecule has 5 aromatic rings. The van der Waals surface area contributed by atoms with Gasteiger partial charge in [0.1, 0.15) is 5.82 Å². The van der Waals surface area contributed by atoms with E-state index in [0.717, 1.165) is 54.0 Å². The fraction of sp³-hybridized carbons (Fsp3) is 0.156. The maximum atomic E-state index is 14.3. The molecule has 2 aromatic heterocycles. The minimum atomic E-state index is -1.03. The van der Waals surface area contributed by atoms with Gasteiger partial charge in [0.2, 0.25) is 5.91 Å². The largest absolute Gasteiger partial charge is 0.386 e. The van der Waals surface area contributed by atoms with Gasteiger partial charge in [0.05, 0.1) is 16.8 Å². The van der Waals surface area contributed by atoms with Crippen LogP contribution in [0.25, 0.3) is 33.5 Å². The molecule has 7 nitrogen and oxygen atoms in total. The lowest BCUT2D eigenvalue weighted by atomic mass is 9.88. The van der Waals surface area contributed by atoms with Crippen LogP contribution in [0.1, 0.15) is 46.5 Å². The molecule has 0 spiro atoms. The quantitative estimate of drug-likeness (QED) is 0.348. The third kappa shape index (κ3) is 3.79. The minimum absolute atomic E-state index is 0.0931. The van der Waals surface area contributed by atoms with Gasteiger partial charge in [0.15, 0.2) is 0 Å². The number of halogens is 1. The van der Waals surface area contributed by atoms with Gasteiger partial charge in [-0.25, -0.2) is 13.8 Å². The molecular weight excluding hydrogens is 509 g/mol. The average molecular weight is 536 g/mol. The first-order valence-corrected chi connectivity index (χ1v) is 12.8. The molecular formula is C32H26FN3O4. The summed E-state index contributed by atoms with van der Waals surface area (Å²) in [6.07, 6.45) is 1.89. The SMILES string of the molecule is Cc1c(-c2ccc(C(N)=O)c3c2-c2ccc(C(C)(C)O)cc2C3)cccc1-n1c(=O)cc2c(F)cccn2c1=O. The third-order valence-corrected chi connectivity index (χ3v) is 7.72. The number of carbonyl (C=O) groups excluding carboxylic acids is 1. The van der Waals surface area contributed by atoms with Crippen molar-refractivity contribution in [3.8, 4) is 27.9 Å². The van der Waals surface area contributed by atoms with Crippen LogP contribution in [-0.2, 0) is 12.0 Å². The summed E-state index contributed by atoms with van der Waals surface area (Å²) < 4.78 is 16.5. The summed E-state index contributed by atoms with van der Waals surface area (Å²) >= 11 is 0. The molecule has 0 unspecified atom stereocenters. The number of hydrogen-bond acceptors (Lipinski definition) is 4. The number of primary amides is 1. The normalized spacial score (nSPS) is 12.4. The van der Waals surface area contributed by atoms with Gasteiger partial charge in [-0.3, -0.25) is 14.0 Å². The van der Waals surface area contributed by atoms with Crippen LogP contribution >= 0.6 is 0 Å². The van der Waals surface area contributed by atoms with Crippen molar-refractivity contribution in [3.05, 3.63) is 127 Å². The molecule has 6 rings (SSSR count). The van der Waals surface area contributed by atoms with E-state index < -0.39 is 28.6 Å². The molecule has 1 aliphatic carbocycles. The first-order chi connectivity index (χ1) is 19.0. The fourth-order valence-electron chi connectivity index (χ4n) is 5.71. The Bertz CT molecular complexity index is 2010. The maximum absolute atomic E-state index is 14.3. The predicted octanol–water partition coefficient (Wildman–Crippen LogP) is 4.46. The van der Waals surface area contributed by atoms with Crippen molar-refractivity contribution in [2.45, 2.75) is 32.8 Å². The van der Waals surface area contributed by atoms with Gasteiger partial charge in [-0.2, -0.15) is 0 Å². The van der Waals surface area contributed by atoms with Crippen molar-refractivity contribution >= 4 is 11.4 Å². The maximum Gasteiger partial charge on any atom is 0.340 e. The number of benzene rings is 3. The van der Waals surface area contributed by atoms with Crippen LogP contribution in [0.5, 0.6) is 0 Å². The van der Waals surface area contributed by atoms with Crippen molar-refractivity contribution in [3.63, 3.8) is 0 Å². The van der Waals surface area contributed by atoms with E-state index >= 15 is 0 Å². The monoisotopic (exact) mass is 535 g/mol. The molecule has 0 radical (unpaired) electrons. The van der Waals surface area contributed by atoms with E-state index in [9.17, 15) is 23.9 Å². The number of pyridine rings is 1. The van der Waals surface area contributed by atoms with Gasteiger partial charge < -0.3 is 10.8 Å². The Morgan fingerprint density at radius 2 is 1.73 bits per heavy atom. The molecule has 0 saturated carbocycles. The topological polar surface area (TPSA) is 107 Å². The average Bonchev–Trinajstić information content (AvgIpc) is 3.28. The molecule has 3 aromatic carbocycles. The van der Waals surface area contributed by atoms with Gasteiger partial charge in [-0.1, -0.05) is 36.4 Å². The Hall–Kier alpha value is -4.82. The Morgan fingerprint density at radius 1 is 0.975 bits per heavy atom. The lowest BCUT2D eigenvalue weighted by Crippen LogP contribution is -2.36. The second kappa shape index (κ2) is 8.86. The minimum Gasteiger partial charge on any atom is -0.386 e. The zero-order valence-electron chi connectivity index (χ0n) is 22.2. The van der Waals surface area contributed by atoms with Crippen LogP contribution in [0, 0.1) is 12.7 Å². The highest BCUT2D eigenvalue weighted by atomic mass is 19.1. The number of carbonyl (C=O) groups is 1. The van der Waals surface area contributed by atoms with E-state index in [4.69, 9.17) is 5.73 Å². The number of aromatic nitrogens is 2. The van der Waals surface area contributed by atoms with Crippen molar-refractivity contribution < 1.29 is 14.3 Å². The second-order valence-corrected chi connectivity index (χ2v) is 10.6. The molecule has 8 heteroatoms. The zero-order chi connectivity index (χ0) is 28.5. The summed E-state index contributed by atoms with van der Waals surface area (Å²) in [5.41, 5.74) is 10.6. The van der Waals surface area contributed by atoms with Gasteiger partial charge in [-0.05, 0) is 96.0 Å². The Kier molecular flexibility index (Phi) is 5.64.